The van der Waals surface area contributed by atoms with Gasteiger partial charge in [0.15, 0.2) is 0 Å². The van der Waals surface area contributed by atoms with Gasteiger partial charge in [0.2, 0.25) is 0 Å². The fourth-order valence-electron chi connectivity index (χ4n) is 3.87. The molecule has 2 N–H and O–H groups in total. The topological polar surface area (TPSA) is 58.2 Å². The molecular weight excluding hydrogens is 455 g/mol. The van der Waals surface area contributed by atoms with E-state index >= 15 is 0 Å². The number of carbonyl (C=O) groups excluding carboxylic acids is 2. The fraction of sp³-hybridized carbons (Fsp3) is 0.125. The lowest BCUT2D eigenvalue weighted by molar-refractivity contribution is 0.101. The van der Waals surface area contributed by atoms with Crippen molar-refractivity contribution in [3.63, 3.8) is 0 Å². The van der Waals surface area contributed by atoms with Crippen molar-refractivity contribution in [2.75, 3.05) is 10.6 Å². The number of benzene rings is 4. The quantitative estimate of drug-likeness (QED) is 0.195. The maximum Gasteiger partial charge on any atom is 0.255 e. The minimum Gasteiger partial charge on any atom is -0.322 e. The van der Waals surface area contributed by atoms with E-state index in [0.717, 1.165) is 35.2 Å². The number of amides is 2. The lowest BCUT2D eigenvalue weighted by Crippen LogP contribution is -2.11. The van der Waals surface area contributed by atoms with Crippen molar-refractivity contribution >= 4 is 42.6 Å². The summed E-state index contributed by atoms with van der Waals surface area (Å²) in [7, 11) is 2.09. The molecule has 37 heavy (non-hydrogen) atoms. The van der Waals surface area contributed by atoms with Gasteiger partial charge in [-0.25, -0.2) is 0 Å². The zero-order chi connectivity index (χ0) is 26.0. The van der Waals surface area contributed by atoms with E-state index in [0.29, 0.717) is 11.1 Å². The maximum atomic E-state index is 12.5. The first-order valence-corrected chi connectivity index (χ1v) is 12.5. The molecule has 4 rings (SSSR count). The van der Waals surface area contributed by atoms with Crippen LogP contribution in [0.2, 0.25) is 6.82 Å². The van der Waals surface area contributed by atoms with E-state index in [9.17, 15) is 9.59 Å². The molecule has 0 aliphatic rings. The summed E-state index contributed by atoms with van der Waals surface area (Å²) in [5.41, 5.74) is 7.21. The SMILES string of the molecule is C[B]Cc1ccc(C(=O)Nc2ccc(/C=C/c3ccc(NC(=O)c4ccc(CC)cc4)cc3)cc2)cc1. The number of anilines is 2. The van der Waals surface area contributed by atoms with Gasteiger partial charge in [-0.15, -0.1) is 0 Å². The number of hydrogen-bond acceptors (Lipinski definition) is 2. The van der Waals surface area contributed by atoms with Crippen LogP contribution in [0, 0.1) is 0 Å². The highest BCUT2D eigenvalue weighted by molar-refractivity contribution is 6.32. The van der Waals surface area contributed by atoms with Crippen LogP contribution in [0.3, 0.4) is 0 Å². The molecule has 0 bridgehead atoms. The lowest BCUT2D eigenvalue weighted by Gasteiger charge is -2.07. The molecule has 0 unspecified atom stereocenters. The van der Waals surface area contributed by atoms with Gasteiger partial charge in [0.05, 0.1) is 0 Å². The molecule has 0 saturated heterocycles. The number of aryl methyl sites for hydroxylation is 1. The van der Waals surface area contributed by atoms with Gasteiger partial charge in [-0.2, -0.15) is 0 Å². The molecule has 0 aromatic heterocycles. The number of rotatable bonds is 9. The van der Waals surface area contributed by atoms with Crippen LogP contribution in [-0.2, 0) is 12.7 Å². The highest BCUT2D eigenvalue weighted by atomic mass is 16.2. The Bertz CT molecular complexity index is 1360. The minimum atomic E-state index is -0.125. The summed E-state index contributed by atoms with van der Waals surface area (Å²) in [6, 6.07) is 30.8. The van der Waals surface area contributed by atoms with Crippen molar-refractivity contribution in [2.45, 2.75) is 26.5 Å². The molecule has 0 saturated carbocycles. The molecule has 183 valence electrons. The van der Waals surface area contributed by atoms with Crippen molar-refractivity contribution in [2.24, 2.45) is 0 Å². The van der Waals surface area contributed by atoms with Crippen LogP contribution < -0.4 is 10.6 Å². The molecule has 0 atom stereocenters. The molecule has 5 heteroatoms. The Morgan fingerprint density at radius 1 is 0.622 bits per heavy atom. The molecule has 2 amide bonds. The van der Waals surface area contributed by atoms with Crippen molar-refractivity contribution in [1.29, 1.82) is 0 Å². The summed E-state index contributed by atoms with van der Waals surface area (Å²) in [4.78, 5) is 25.0. The van der Waals surface area contributed by atoms with Gasteiger partial charge in [-0.1, -0.05) is 86.3 Å². The van der Waals surface area contributed by atoms with Crippen LogP contribution >= 0.6 is 0 Å². The monoisotopic (exact) mass is 485 g/mol. The van der Waals surface area contributed by atoms with Crippen LogP contribution in [0.4, 0.5) is 11.4 Å². The van der Waals surface area contributed by atoms with E-state index < -0.39 is 0 Å². The van der Waals surface area contributed by atoms with E-state index in [1.54, 1.807) is 0 Å². The van der Waals surface area contributed by atoms with Crippen LogP contribution in [0.25, 0.3) is 12.2 Å². The van der Waals surface area contributed by atoms with E-state index in [-0.39, 0.29) is 11.8 Å². The van der Waals surface area contributed by atoms with E-state index in [4.69, 9.17) is 0 Å². The zero-order valence-corrected chi connectivity index (χ0v) is 21.2. The van der Waals surface area contributed by atoms with Crippen molar-refractivity contribution in [3.05, 3.63) is 130 Å². The second kappa shape index (κ2) is 12.5. The Labute approximate surface area is 219 Å². The Morgan fingerprint density at radius 3 is 1.41 bits per heavy atom. The fourth-order valence-corrected chi connectivity index (χ4v) is 3.87. The molecule has 4 aromatic carbocycles. The Kier molecular flexibility index (Phi) is 8.72. The van der Waals surface area contributed by atoms with Gasteiger partial charge in [0.25, 0.3) is 11.8 Å². The molecule has 0 heterocycles. The molecule has 0 fully saturated rings. The van der Waals surface area contributed by atoms with Crippen molar-refractivity contribution in [3.8, 4) is 0 Å². The summed E-state index contributed by atoms with van der Waals surface area (Å²) < 4.78 is 0. The first-order valence-electron chi connectivity index (χ1n) is 12.5. The standard InChI is InChI=1S/C32H30BN2O2/c1-3-23-6-14-27(15-7-23)31(36)34-29-18-10-24(11-19-29)4-5-25-12-20-30(21-13-25)35-32(37)28-16-8-26(9-17-28)22-33-2/h4-21H,3,22H2,1-2H3,(H,34,36)(H,35,37)/b5-4+. The van der Waals surface area contributed by atoms with Gasteiger partial charge < -0.3 is 10.6 Å². The summed E-state index contributed by atoms with van der Waals surface area (Å²) >= 11 is 0. The first kappa shape index (κ1) is 25.7. The molecule has 0 aliphatic heterocycles. The molecule has 4 nitrogen and oxygen atoms in total. The van der Waals surface area contributed by atoms with Crippen LogP contribution in [0.1, 0.15) is 49.9 Å². The van der Waals surface area contributed by atoms with Crippen molar-refractivity contribution in [1.82, 2.24) is 0 Å². The average Bonchev–Trinajstić information content (AvgIpc) is 2.94. The van der Waals surface area contributed by atoms with E-state index in [1.807, 2.05) is 116 Å². The lowest BCUT2D eigenvalue weighted by atomic mass is 9.75. The maximum absolute atomic E-state index is 12.5. The third-order valence-electron chi connectivity index (χ3n) is 6.09. The predicted molar refractivity (Wildman–Crippen MR) is 155 cm³/mol. The second-order valence-corrected chi connectivity index (χ2v) is 8.85. The first-order chi connectivity index (χ1) is 18.0. The summed E-state index contributed by atoms with van der Waals surface area (Å²) in [5, 5.41) is 5.88. The number of carbonyl (C=O) groups is 2. The minimum absolute atomic E-state index is 0.120. The highest BCUT2D eigenvalue weighted by Gasteiger charge is 2.07. The largest absolute Gasteiger partial charge is 0.322 e. The van der Waals surface area contributed by atoms with Crippen LogP contribution in [0.5, 0.6) is 0 Å². The van der Waals surface area contributed by atoms with Crippen LogP contribution in [-0.4, -0.2) is 19.1 Å². The number of nitrogens with one attached hydrogen (secondary N) is 2. The predicted octanol–water partition coefficient (Wildman–Crippen LogP) is 7.18. The van der Waals surface area contributed by atoms with Gasteiger partial charge in [0.1, 0.15) is 7.28 Å². The van der Waals surface area contributed by atoms with Crippen molar-refractivity contribution < 1.29 is 9.59 Å². The Balaban J connectivity index is 1.30. The zero-order valence-electron chi connectivity index (χ0n) is 21.2. The second-order valence-electron chi connectivity index (χ2n) is 8.85. The third-order valence-corrected chi connectivity index (χ3v) is 6.09. The highest BCUT2D eigenvalue weighted by Crippen LogP contribution is 2.17. The molecule has 1 radical (unpaired) electrons. The van der Waals surface area contributed by atoms with E-state index in [1.165, 1.54) is 11.1 Å². The van der Waals surface area contributed by atoms with Gasteiger partial charge >= 0.3 is 0 Å². The summed E-state index contributed by atoms with van der Waals surface area (Å²) in [5.74, 6) is -0.245. The third kappa shape index (κ3) is 7.31. The molecule has 4 aromatic rings. The van der Waals surface area contributed by atoms with Gasteiger partial charge in [0, 0.05) is 22.5 Å². The summed E-state index contributed by atoms with van der Waals surface area (Å²) in [6.07, 6.45) is 5.87. The van der Waals surface area contributed by atoms with Gasteiger partial charge in [-0.3, -0.25) is 9.59 Å². The smallest absolute Gasteiger partial charge is 0.255 e. The van der Waals surface area contributed by atoms with Gasteiger partial charge in [-0.05, 0) is 71.6 Å². The Morgan fingerprint density at radius 2 is 1.03 bits per heavy atom. The Hall–Kier alpha value is -4.38. The van der Waals surface area contributed by atoms with Crippen LogP contribution in [0.15, 0.2) is 97.1 Å². The molecular formula is C32H30BN2O2. The summed E-state index contributed by atoms with van der Waals surface area (Å²) in [6.45, 7) is 4.11. The van der Waals surface area contributed by atoms with E-state index in [2.05, 4.69) is 24.8 Å². The molecule has 0 spiro atoms. The normalized spacial score (nSPS) is 10.8. The molecule has 0 aliphatic carbocycles. The average molecular weight is 485 g/mol. The number of hydrogen-bond donors (Lipinski definition) is 2.